The molecule has 0 aromatic heterocycles. The van der Waals surface area contributed by atoms with E-state index >= 15 is 0 Å². The molecule has 0 saturated heterocycles. The number of rotatable bonds is 1. The summed E-state index contributed by atoms with van der Waals surface area (Å²) in [4.78, 5) is 0. The minimum Gasteiger partial charge on any atom is -0.244 e. The Morgan fingerprint density at radius 3 is 2.17 bits per heavy atom. The molecule has 0 aromatic carbocycles. The van der Waals surface area contributed by atoms with E-state index in [-0.39, 0.29) is 0 Å². The van der Waals surface area contributed by atoms with Crippen molar-refractivity contribution >= 4 is 0 Å². The Morgan fingerprint density at radius 1 is 1.67 bits per heavy atom. The van der Waals surface area contributed by atoms with Crippen molar-refractivity contribution in [2.24, 2.45) is 0 Å². The molecule has 0 nitrogen and oxygen atoms in total. The van der Waals surface area contributed by atoms with Crippen LogP contribution in [0.4, 0.5) is 4.39 Å². The summed E-state index contributed by atoms with van der Waals surface area (Å²) in [5.74, 6) is 0. The zero-order valence-electron chi connectivity index (χ0n) is 3.87. The molecule has 0 bridgehead atoms. The summed E-state index contributed by atoms with van der Waals surface area (Å²) in [6.45, 7) is 1.77. The summed E-state index contributed by atoms with van der Waals surface area (Å²) >= 11 is 0. The number of hydrogen-bond acceptors (Lipinski definition) is 0. The summed E-state index contributed by atoms with van der Waals surface area (Å²) in [5.41, 5.74) is -0.833. The van der Waals surface area contributed by atoms with Crippen LogP contribution in [0.3, 0.4) is 0 Å². The van der Waals surface area contributed by atoms with Crippen LogP contribution < -0.4 is 0 Å². The van der Waals surface area contributed by atoms with Crippen LogP contribution in [0.5, 0.6) is 0 Å². The van der Waals surface area contributed by atoms with Gasteiger partial charge in [-0.15, -0.1) is 0 Å². The molecule has 0 heterocycles. The smallest absolute Gasteiger partial charge is 0.114 e. The van der Waals surface area contributed by atoms with E-state index in [1.54, 1.807) is 13.3 Å². The number of halogens is 1. The van der Waals surface area contributed by atoms with Crippen LogP contribution in [0.15, 0.2) is 0 Å². The zero-order chi connectivity index (χ0) is 4.62. The molecule has 1 aliphatic rings. The fourth-order valence-electron chi connectivity index (χ4n) is 0.408. The van der Waals surface area contributed by atoms with E-state index < -0.39 is 5.67 Å². The average Bonchev–Trinajstić information content (AvgIpc) is 2.22. The Balaban J connectivity index is 2.28. The highest BCUT2D eigenvalue weighted by atomic mass is 19.1. The van der Waals surface area contributed by atoms with Crippen molar-refractivity contribution in [1.82, 2.24) is 0 Å². The largest absolute Gasteiger partial charge is 0.244 e. The molecule has 0 N–H and O–H groups in total. The average molecular weight is 87.1 g/mol. The van der Waals surface area contributed by atoms with Gasteiger partial charge in [0.05, 0.1) is 0 Å². The highest BCUT2D eigenvalue weighted by Gasteiger charge is 2.40. The Kier molecular flexibility index (Phi) is 0.652. The van der Waals surface area contributed by atoms with Crippen LogP contribution in [0.2, 0.25) is 0 Å². The van der Waals surface area contributed by atoms with Gasteiger partial charge in [-0.25, -0.2) is 4.39 Å². The number of alkyl halides is 1. The van der Waals surface area contributed by atoms with Crippen molar-refractivity contribution in [3.05, 3.63) is 6.42 Å². The maximum absolute atomic E-state index is 12.2. The molecule has 1 saturated carbocycles. The van der Waals surface area contributed by atoms with Crippen LogP contribution in [0, 0.1) is 6.42 Å². The predicted molar refractivity (Wildman–Crippen MR) is 23.0 cm³/mol. The van der Waals surface area contributed by atoms with E-state index in [9.17, 15) is 4.39 Å². The van der Waals surface area contributed by atoms with Gasteiger partial charge < -0.3 is 0 Å². The maximum atomic E-state index is 12.2. The number of hydrogen-bond donors (Lipinski definition) is 0. The van der Waals surface area contributed by atoms with Crippen molar-refractivity contribution in [3.63, 3.8) is 0 Å². The van der Waals surface area contributed by atoms with Crippen LogP contribution in [-0.4, -0.2) is 5.67 Å². The first-order chi connectivity index (χ1) is 2.77. The molecule has 0 aromatic rings. The van der Waals surface area contributed by atoms with Crippen LogP contribution in [0.25, 0.3) is 0 Å². The summed E-state index contributed by atoms with van der Waals surface area (Å²) < 4.78 is 12.2. The third kappa shape index (κ3) is 0.537. The molecule has 1 radical (unpaired) electrons. The van der Waals surface area contributed by atoms with Crippen LogP contribution >= 0.6 is 0 Å². The highest BCUT2D eigenvalue weighted by molar-refractivity contribution is 5.03. The molecule has 0 aliphatic heterocycles. The lowest BCUT2D eigenvalue weighted by Gasteiger charge is -1.91. The molecule has 1 fully saturated rings. The fourth-order valence-corrected chi connectivity index (χ4v) is 0.408. The quantitative estimate of drug-likeness (QED) is 0.456. The van der Waals surface area contributed by atoms with Gasteiger partial charge in [-0.3, -0.25) is 0 Å². The normalized spacial score (nSPS) is 27.0. The molecular formula is C5H8F. The van der Waals surface area contributed by atoms with Gasteiger partial charge in [0.15, 0.2) is 0 Å². The SMILES string of the molecule is C[CH]C1(F)CC1. The lowest BCUT2D eigenvalue weighted by atomic mass is 10.3. The second kappa shape index (κ2) is 0.955. The van der Waals surface area contributed by atoms with E-state index in [0.717, 1.165) is 12.8 Å². The monoisotopic (exact) mass is 87.1 g/mol. The third-order valence-electron chi connectivity index (χ3n) is 1.25. The molecular weight excluding hydrogens is 79.1 g/mol. The molecule has 1 aliphatic carbocycles. The molecule has 1 rings (SSSR count). The van der Waals surface area contributed by atoms with Crippen LogP contribution in [0.1, 0.15) is 19.8 Å². The van der Waals surface area contributed by atoms with Crippen molar-refractivity contribution in [2.45, 2.75) is 25.4 Å². The van der Waals surface area contributed by atoms with Gasteiger partial charge in [0.1, 0.15) is 5.67 Å². The van der Waals surface area contributed by atoms with Crippen molar-refractivity contribution < 1.29 is 4.39 Å². The molecule has 0 atom stereocenters. The van der Waals surface area contributed by atoms with E-state index in [0.29, 0.717) is 0 Å². The lowest BCUT2D eigenvalue weighted by molar-refractivity contribution is 0.356. The van der Waals surface area contributed by atoms with Gasteiger partial charge in [0, 0.05) is 0 Å². The third-order valence-corrected chi connectivity index (χ3v) is 1.25. The second-order valence-electron chi connectivity index (χ2n) is 1.82. The van der Waals surface area contributed by atoms with Crippen LogP contribution in [-0.2, 0) is 0 Å². The highest BCUT2D eigenvalue weighted by Crippen LogP contribution is 2.41. The molecule has 1 heteroatoms. The summed E-state index contributed by atoms with van der Waals surface area (Å²) in [6.07, 6.45) is 3.14. The maximum Gasteiger partial charge on any atom is 0.114 e. The first kappa shape index (κ1) is 4.10. The van der Waals surface area contributed by atoms with Crippen molar-refractivity contribution in [2.75, 3.05) is 0 Å². The summed E-state index contributed by atoms with van der Waals surface area (Å²) in [7, 11) is 0. The minimum atomic E-state index is -0.833. The van der Waals surface area contributed by atoms with Crippen molar-refractivity contribution in [1.29, 1.82) is 0 Å². The first-order valence-electron chi connectivity index (χ1n) is 2.26. The summed E-state index contributed by atoms with van der Waals surface area (Å²) in [6, 6.07) is 0. The Hall–Kier alpha value is -0.0700. The lowest BCUT2D eigenvalue weighted by Crippen LogP contribution is -1.93. The molecule has 0 amide bonds. The van der Waals surface area contributed by atoms with Crippen molar-refractivity contribution in [3.8, 4) is 0 Å². The van der Waals surface area contributed by atoms with E-state index in [4.69, 9.17) is 0 Å². The summed E-state index contributed by atoms with van der Waals surface area (Å²) in [5, 5.41) is 0. The predicted octanol–water partition coefficient (Wildman–Crippen LogP) is 1.71. The Morgan fingerprint density at radius 2 is 2.17 bits per heavy atom. The second-order valence-corrected chi connectivity index (χ2v) is 1.82. The topological polar surface area (TPSA) is 0 Å². The van der Waals surface area contributed by atoms with E-state index in [1.165, 1.54) is 0 Å². The molecule has 6 heavy (non-hydrogen) atoms. The molecule has 0 spiro atoms. The Labute approximate surface area is 37.4 Å². The van der Waals surface area contributed by atoms with Gasteiger partial charge in [-0.1, -0.05) is 6.92 Å². The zero-order valence-corrected chi connectivity index (χ0v) is 3.87. The van der Waals surface area contributed by atoms with Gasteiger partial charge in [0.25, 0.3) is 0 Å². The molecule has 35 valence electrons. The van der Waals surface area contributed by atoms with Gasteiger partial charge in [-0.2, -0.15) is 0 Å². The first-order valence-corrected chi connectivity index (χ1v) is 2.26. The standard InChI is InChI=1S/C5H8F/c1-2-5(6)3-4-5/h2H,3-4H2,1H3. The minimum absolute atomic E-state index is 0.753. The van der Waals surface area contributed by atoms with Gasteiger partial charge in [-0.05, 0) is 19.3 Å². The molecule has 0 unspecified atom stereocenters. The Bertz CT molecular complexity index is 55.0. The van der Waals surface area contributed by atoms with E-state index in [2.05, 4.69) is 0 Å². The fraction of sp³-hybridized carbons (Fsp3) is 0.800. The van der Waals surface area contributed by atoms with Gasteiger partial charge >= 0.3 is 0 Å². The van der Waals surface area contributed by atoms with Gasteiger partial charge in [0.2, 0.25) is 0 Å². The van der Waals surface area contributed by atoms with E-state index in [1.807, 2.05) is 0 Å².